The molecule has 0 aliphatic carbocycles. The van der Waals surface area contributed by atoms with E-state index < -0.39 is 17.9 Å². The fraction of sp³-hybridized carbons (Fsp3) is 0.227. The van der Waals surface area contributed by atoms with E-state index in [4.69, 9.17) is 14.2 Å². The number of nitrogens with one attached hydrogen (secondary N) is 1. The SMILES string of the molecule is COC(Cn1c(-c2cccnc2)ccc(NC(=O)OCc2ccccc2)c1=O)OC. The lowest BCUT2D eigenvalue weighted by Crippen LogP contribution is -2.32. The summed E-state index contributed by atoms with van der Waals surface area (Å²) in [5, 5.41) is 2.52. The number of rotatable bonds is 8. The molecule has 0 spiro atoms. The Bertz CT molecular complexity index is 1020. The maximum atomic E-state index is 13.1. The van der Waals surface area contributed by atoms with Crippen molar-refractivity contribution in [2.75, 3.05) is 19.5 Å². The number of methoxy groups -OCH3 is 2. The van der Waals surface area contributed by atoms with E-state index in [0.29, 0.717) is 5.69 Å². The molecule has 2 heterocycles. The van der Waals surface area contributed by atoms with Crippen molar-refractivity contribution >= 4 is 11.8 Å². The predicted octanol–water partition coefficient (Wildman–Crippen LogP) is 3.28. The molecule has 1 amide bonds. The molecule has 0 bridgehead atoms. The third-order valence-electron chi connectivity index (χ3n) is 4.44. The van der Waals surface area contributed by atoms with E-state index in [0.717, 1.165) is 11.1 Å². The number of ether oxygens (including phenoxy) is 3. The molecule has 0 fully saturated rings. The van der Waals surface area contributed by atoms with Crippen LogP contribution >= 0.6 is 0 Å². The number of carbonyl (C=O) groups is 1. The summed E-state index contributed by atoms with van der Waals surface area (Å²) < 4.78 is 17.2. The van der Waals surface area contributed by atoms with Gasteiger partial charge in [-0.15, -0.1) is 0 Å². The van der Waals surface area contributed by atoms with Gasteiger partial charge in [0.25, 0.3) is 5.56 Å². The smallest absolute Gasteiger partial charge is 0.412 e. The van der Waals surface area contributed by atoms with Crippen LogP contribution in [0, 0.1) is 0 Å². The quantitative estimate of drug-likeness (QED) is 0.574. The summed E-state index contributed by atoms with van der Waals surface area (Å²) in [7, 11) is 2.98. The second-order valence-electron chi connectivity index (χ2n) is 6.38. The molecular formula is C22H23N3O5. The largest absolute Gasteiger partial charge is 0.444 e. The molecule has 8 heteroatoms. The van der Waals surface area contributed by atoms with Gasteiger partial charge in [0.2, 0.25) is 0 Å². The van der Waals surface area contributed by atoms with Gasteiger partial charge in [-0.05, 0) is 29.8 Å². The van der Waals surface area contributed by atoms with Gasteiger partial charge in [0.15, 0.2) is 6.29 Å². The van der Waals surface area contributed by atoms with Crippen LogP contribution in [0.25, 0.3) is 11.3 Å². The maximum absolute atomic E-state index is 13.1. The van der Waals surface area contributed by atoms with Crippen molar-refractivity contribution in [1.82, 2.24) is 9.55 Å². The summed E-state index contributed by atoms with van der Waals surface area (Å²) in [6.45, 7) is 0.231. The number of carbonyl (C=O) groups excluding carboxylic acids is 1. The molecule has 0 aliphatic heterocycles. The highest BCUT2D eigenvalue weighted by atomic mass is 16.7. The first-order chi connectivity index (χ1) is 14.6. The molecule has 1 N–H and O–H groups in total. The van der Waals surface area contributed by atoms with Crippen molar-refractivity contribution < 1.29 is 19.0 Å². The standard InChI is InChI=1S/C22H23N3O5/c1-28-20(29-2)14-25-19(17-9-6-12-23-13-17)11-10-18(21(25)26)24-22(27)30-15-16-7-4-3-5-8-16/h3-13,20H,14-15H2,1-2H3,(H,24,27). The highest BCUT2D eigenvalue weighted by Crippen LogP contribution is 2.19. The van der Waals surface area contributed by atoms with E-state index in [1.165, 1.54) is 18.8 Å². The maximum Gasteiger partial charge on any atom is 0.412 e. The number of aromatic nitrogens is 2. The first-order valence-electron chi connectivity index (χ1n) is 9.30. The molecule has 3 rings (SSSR count). The molecule has 3 aromatic rings. The summed E-state index contributed by atoms with van der Waals surface area (Å²) in [6.07, 6.45) is 1.95. The number of benzene rings is 1. The van der Waals surface area contributed by atoms with Crippen LogP contribution in [0.2, 0.25) is 0 Å². The highest BCUT2D eigenvalue weighted by molar-refractivity contribution is 5.84. The fourth-order valence-corrected chi connectivity index (χ4v) is 2.88. The van der Waals surface area contributed by atoms with Gasteiger partial charge >= 0.3 is 6.09 Å². The Morgan fingerprint density at radius 1 is 1.07 bits per heavy atom. The molecule has 1 aromatic carbocycles. The highest BCUT2D eigenvalue weighted by Gasteiger charge is 2.17. The third kappa shape index (κ3) is 5.31. The van der Waals surface area contributed by atoms with Gasteiger partial charge in [-0.3, -0.25) is 15.1 Å². The topological polar surface area (TPSA) is 91.7 Å². The Kier molecular flexibility index (Phi) is 7.31. The molecule has 0 atom stereocenters. The zero-order chi connectivity index (χ0) is 21.3. The minimum absolute atomic E-state index is 0.0895. The number of hydrogen-bond donors (Lipinski definition) is 1. The summed E-state index contributed by atoms with van der Waals surface area (Å²) in [5.74, 6) is 0. The molecule has 0 saturated heterocycles. The molecule has 156 valence electrons. The van der Waals surface area contributed by atoms with Crippen molar-refractivity contribution in [3.8, 4) is 11.3 Å². The Labute approximate surface area is 174 Å². The zero-order valence-electron chi connectivity index (χ0n) is 16.8. The van der Waals surface area contributed by atoms with Gasteiger partial charge in [0, 0.05) is 32.2 Å². The average molecular weight is 409 g/mol. The number of anilines is 1. The monoisotopic (exact) mass is 409 g/mol. The summed E-state index contributed by atoms with van der Waals surface area (Å²) in [5.41, 5.74) is 1.90. The van der Waals surface area contributed by atoms with E-state index in [-0.39, 0.29) is 18.8 Å². The molecule has 30 heavy (non-hydrogen) atoms. The van der Waals surface area contributed by atoms with Crippen LogP contribution in [0.4, 0.5) is 10.5 Å². The second kappa shape index (κ2) is 10.3. The van der Waals surface area contributed by atoms with Crippen molar-refractivity contribution in [1.29, 1.82) is 0 Å². The Morgan fingerprint density at radius 3 is 2.50 bits per heavy atom. The van der Waals surface area contributed by atoms with Crippen LogP contribution in [0.3, 0.4) is 0 Å². The normalized spacial score (nSPS) is 10.8. The summed E-state index contributed by atoms with van der Waals surface area (Å²) >= 11 is 0. The lowest BCUT2D eigenvalue weighted by atomic mass is 10.1. The lowest BCUT2D eigenvalue weighted by Gasteiger charge is -2.19. The van der Waals surface area contributed by atoms with Crippen LogP contribution in [-0.4, -0.2) is 36.2 Å². The van der Waals surface area contributed by atoms with Crippen molar-refractivity contribution in [2.45, 2.75) is 19.4 Å². The van der Waals surface area contributed by atoms with Crippen molar-refractivity contribution in [3.63, 3.8) is 0 Å². The van der Waals surface area contributed by atoms with E-state index in [9.17, 15) is 9.59 Å². The molecule has 0 unspecified atom stereocenters. The van der Waals surface area contributed by atoms with Crippen LogP contribution in [0.1, 0.15) is 5.56 Å². The minimum Gasteiger partial charge on any atom is -0.444 e. The van der Waals surface area contributed by atoms with Gasteiger partial charge < -0.3 is 18.8 Å². The second-order valence-corrected chi connectivity index (χ2v) is 6.38. The molecule has 8 nitrogen and oxygen atoms in total. The summed E-state index contributed by atoms with van der Waals surface area (Å²) in [6, 6.07) is 16.2. The van der Waals surface area contributed by atoms with E-state index in [2.05, 4.69) is 10.3 Å². The van der Waals surface area contributed by atoms with Gasteiger partial charge in [0.1, 0.15) is 12.3 Å². The predicted molar refractivity (Wildman–Crippen MR) is 112 cm³/mol. The number of nitrogens with zero attached hydrogens (tertiary/aromatic N) is 2. The Balaban J connectivity index is 1.84. The van der Waals surface area contributed by atoms with Crippen molar-refractivity contribution in [2.24, 2.45) is 0 Å². The lowest BCUT2D eigenvalue weighted by molar-refractivity contribution is -0.111. The molecule has 2 aromatic heterocycles. The third-order valence-corrected chi connectivity index (χ3v) is 4.44. The van der Waals surface area contributed by atoms with Gasteiger partial charge in [-0.2, -0.15) is 0 Å². The Hall–Kier alpha value is -3.49. The van der Waals surface area contributed by atoms with Crippen LogP contribution < -0.4 is 10.9 Å². The van der Waals surface area contributed by atoms with Gasteiger partial charge in [0.05, 0.1) is 12.2 Å². The fourth-order valence-electron chi connectivity index (χ4n) is 2.88. The average Bonchev–Trinajstić information content (AvgIpc) is 2.79. The van der Waals surface area contributed by atoms with Crippen LogP contribution in [-0.2, 0) is 27.4 Å². The zero-order valence-corrected chi connectivity index (χ0v) is 16.8. The Morgan fingerprint density at radius 2 is 1.83 bits per heavy atom. The van der Waals surface area contributed by atoms with Gasteiger partial charge in [-0.25, -0.2) is 4.79 Å². The van der Waals surface area contributed by atoms with E-state index in [1.807, 2.05) is 36.4 Å². The van der Waals surface area contributed by atoms with E-state index >= 15 is 0 Å². The number of amides is 1. The van der Waals surface area contributed by atoms with Crippen LogP contribution in [0.5, 0.6) is 0 Å². The molecule has 0 aliphatic rings. The van der Waals surface area contributed by atoms with E-state index in [1.54, 1.807) is 30.6 Å². The molecular weight excluding hydrogens is 386 g/mol. The van der Waals surface area contributed by atoms with Crippen LogP contribution in [0.15, 0.2) is 71.8 Å². The number of pyridine rings is 2. The number of hydrogen-bond acceptors (Lipinski definition) is 6. The first-order valence-corrected chi connectivity index (χ1v) is 9.30. The molecule has 0 radical (unpaired) electrons. The van der Waals surface area contributed by atoms with Gasteiger partial charge in [-0.1, -0.05) is 30.3 Å². The molecule has 0 saturated carbocycles. The van der Waals surface area contributed by atoms with Crippen molar-refractivity contribution in [3.05, 3.63) is 82.9 Å². The minimum atomic E-state index is -0.716. The summed E-state index contributed by atoms with van der Waals surface area (Å²) in [4.78, 5) is 29.4. The first kappa shape index (κ1) is 21.2.